The van der Waals surface area contributed by atoms with E-state index in [-0.39, 0.29) is 29.7 Å². The first-order valence-corrected chi connectivity index (χ1v) is 29.5. The number of fused-ring (bicyclic) bond motifs is 2. The fourth-order valence-corrected chi connectivity index (χ4v) is 14.3. The van der Waals surface area contributed by atoms with Crippen LogP contribution in [0.1, 0.15) is 72.1 Å². The number of hydrogen-bond donors (Lipinski definition) is 3. The van der Waals surface area contributed by atoms with Crippen molar-refractivity contribution < 1.29 is 28.5 Å². The third kappa shape index (κ3) is 9.67. The number of halogens is 1. The van der Waals surface area contributed by atoms with Crippen molar-refractivity contribution in [2.24, 2.45) is 12.5 Å². The smallest absolute Gasteiger partial charge is 0.262 e. The van der Waals surface area contributed by atoms with Gasteiger partial charge in [0.2, 0.25) is 17.8 Å². The van der Waals surface area contributed by atoms with Gasteiger partial charge in [0.05, 0.1) is 52.8 Å². The summed E-state index contributed by atoms with van der Waals surface area (Å²) in [7, 11) is 0.740. The van der Waals surface area contributed by atoms with Crippen LogP contribution in [-0.4, -0.2) is 159 Å². The number of aryl methyl sites for hydroxylation is 1. The molecule has 20 nitrogen and oxygen atoms in total. The number of ether oxygens (including phenoxy) is 1. The van der Waals surface area contributed by atoms with Crippen molar-refractivity contribution in [3.8, 4) is 16.9 Å². The summed E-state index contributed by atoms with van der Waals surface area (Å²) in [5.74, 6) is -0.676. The number of methoxy groups -OCH3 is 1. The monoisotopic (exact) mass is 1080 g/mol. The number of nitrogens with one attached hydrogen (secondary N) is 3. The molecular formula is C55H62ClN14O6P. The number of hydrogen-bond acceptors (Lipinski definition) is 17. The molecule has 3 aromatic carbocycles. The van der Waals surface area contributed by atoms with Gasteiger partial charge in [-0.2, -0.15) is 10.1 Å². The largest absolute Gasteiger partial charge is 0.494 e. The molecule has 4 saturated heterocycles. The maximum Gasteiger partial charge on any atom is 0.262 e. The van der Waals surface area contributed by atoms with Crippen LogP contribution in [-0.2, 0) is 21.2 Å². The molecule has 1 aliphatic carbocycles. The predicted molar refractivity (Wildman–Crippen MR) is 296 cm³/mol. The van der Waals surface area contributed by atoms with E-state index < -0.39 is 30.9 Å². The highest BCUT2D eigenvalue weighted by molar-refractivity contribution is 7.71. The van der Waals surface area contributed by atoms with Gasteiger partial charge in [-0.15, -0.1) is 0 Å². The molecular weight excluding hydrogens is 1020 g/mol. The van der Waals surface area contributed by atoms with Gasteiger partial charge < -0.3 is 29.7 Å². The molecule has 6 aliphatic rings. The number of benzene rings is 3. The standard InChI is InChI=1S/C55H62ClN14O6P/c1-65-32-33(30-60-65)38-26-43(62-54-59-31-40(56)50(64-54)61-42-8-7-41-48(58-16-15-57-41)49(42)77(3,4)75)46(76-2)27-45(38)69-17-11-34(12-18-69)67-21-23-68(24-22-67)36-28-55(29-36)13-19-66(20-14-55)35-5-6-37-39(25-35)53(74)70(52(37)73)44-9-10-47(71)63-51(44)72/h5-8,15-16,25-27,30-32,34,36,44H,9-14,17-24,28-29H2,1-4H3,(H,63,71,72)(H2,59,61,62,64). The summed E-state index contributed by atoms with van der Waals surface area (Å²) >= 11 is 6.69. The normalized spacial score (nSPS) is 20.7. The van der Waals surface area contributed by atoms with E-state index in [1.165, 1.54) is 19.0 Å². The van der Waals surface area contributed by atoms with Crippen LogP contribution in [0.5, 0.6) is 5.75 Å². The van der Waals surface area contributed by atoms with Gasteiger partial charge in [0.15, 0.2) is 5.82 Å². The van der Waals surface area contributed by atoms with Crippen molar-refractivity contribution in [2.45, 2.75) is 69.5 Å². The van der Waals surface area contributed by atoms with Crippen LogP contribution in [0.25, 0.3) is 22.2 Å². The Bertz CT molecular complexity index is 3390. The van der Waals surface area contributed by atoms with E-state index >= 15 is 0 Å². The number of carbonyl (C=O) groups excluding carboxylic acids is 4. The van der Waals surface area contributed by atoms with E-state index in [0.717, 1.165) is 105 Å². The van der Waals surface area contributed by atoms with Crippen molar-refractivity contribution >= 4 is 93.2 Å². The Morgan fingerprint density at radius 2 is 1.49 bits per heavy atom. The summed E-state index contributed by atoms with van der Waals surface area (Å²) in [6.45, 7) is 11.3. The molecule has 1 unspecified atom stereocenters. The first-order chi connectivity index (χ1) is 37.1. The highest BCUT2D eigenvalue weighted by Crippen LogP contribution is 2.52. The van der Waals surface area contributed by atoms with E-state index in [1.807, 2.05) is 48.4 Å². The van der Waals surface area contributed by atoms with E-state index in [9.17, 15) is 23.7 Å². The average Bonchev–Trinajstić information content (AvgIpc) is 4.10. The van der Waals surface area contributed by atoms with Crippen LogP contribution in [0.15, 0.2) is 73.4 Å². The number of aromatic nitrogens is 6. The molecule has 5 aliphatic heterocycles. The van der Waals surface area contributed by atoms with Crippen LogP contribution in [0.4, 0.5) is 34.5 Å². The van der Waals surface area contributed by atoms with Gasteiger partial charge in [-0.05, 0) is 100 Å². The molecule has 4 amide bonds. The summed E-state index contributed by atoms with van der Waals surface area (Å²) in [6, 6.07) is 13.4. The third-order valence-electron chi connectivity index (χ3n) is 16.9. The van der Waals surface area contributed by atoms with Crippen molar-refractivity contribution in [1.29, 1.82) is 0 Å². The molecule has 400 valence electrons. The van der Waals surface area contributed by atoms with E-state index in [2.05, 4.69) is 67.7 Å². The number of piperidine rings is 3. The predicted octanol–water partition coefficient (Wildman–Crippen LogP) is 6.65. The second-order valence-electron chi connectivity index (χ2n) is 21.9. The second-order valence-corrected chi connectivity index (χ2v) is 25.4. The average molecular weight is 1080 g/mol. The number of anilines is 6. The lowest BCUT2D eigenvalue weighted by atomic mass is 9.60. The van der Waals surface area contributed by atoms with Crippen LogP contribution in [0, 0.1) is 5.41 Å². The Morgan fingerprint density at radius 3 is 2.19 bits per heavy atom. The summed E-state index contributed by atoms with van der Waals surface area (Å²) < 4.78 is 21.5. The van der Waals surface area contributed by atoms with Crippen molar-refractivity contribution in [1.82, 2.24) is 49.7 Å². The third-order valence-corrected chi connectivity index (χ3v) is 18.7. The number of piperazine rings is 1. The molecule has 1 saturated carbocycles. The number of nitrogens with zero attached hydrogens (tertiary/aromatic N) is 11. The van der Waals surface area contributed by atoms with E-state index in [0.29, 0.717) is 67.9 Å². The lowest BCUT2D eigenvalue weighted by Crippen LogP contribution is -2.60. The van der Waals surface area contributed by atoms with Gasteiger partial charge in [0.25, 0.3) is 11.8 Å². The van der Waals surface area contributed by atoms with E-state index in [1.54, 1.807) is 38.9 Å². The highest BCUT2D eigenvalue weighted by Gasteiger charge is 2.49. The SMILES string of the molecule is COc1cc(N2CCC(N3CCN(C4CC5(CCN(c6ccc7c(c6)C(=O)N(C6CCC(=O)NC6=O)C7=O)CC5)C4)CC3)CC2)c(-c2cnn(C)c2)cc1Nc1ncc(Cl)c(Nc2ccc3nccnc3c2P(C)(C)=O)n1. The van der Waals surface area contributed by atoms with Gasteiger partial charge in [0, 0.05) is 125 Å². The number of carbonyl (C=O) groups is 4. The molecule has 0 bridgehead atoms. The van der Waals surface area contributed by atoms with Gasteiger partial charge in [0.1, 0.15) is 29.5 Å². The van der Waals surface area contributed by atoms with Crippen LogP contribution < -0.4 is 35.8 Å². The topological polar surface area (TPSA) is 216 Å². The number of amides is 4. The molecule has 5 fully saturated rings. The van der Waals surface area contributed by atoms with Crippen LogP contribution >= 0.6 is 18.7 Å². The minimum absolute atomic E-state index is 0.0955. The maximum absolute atomic E-state index is 13.6. The summed E-state index contributed by atoms with van der Waals surface area (Å²) in [6.07, 6.45) is 15.6. The van der Waals surface area contributed by atoms with Gasteiger partial charge in [-0.3, -0.25) is 53.8 Å². The molecule has 6 aromatic rings. The molecule has 1 atom stereocenters. The molecule has 3 aromatic heterocycles. The zero-order valence-electron chi connectivity index (χ0n) is 43.7. The van der Waals surface area contributed by atoms with Gasteiger partial charge in [-0.1, -0.05) is 11.6 Å². The summed E-state index contributed by atoms with van der Waals surface area (Å²) in [5.41, 5.74) is 7.40. The zero-order chi connectivity index (χ0) is 53.3. The number of imide groups is 2. The van der Waals surface area contributed by atoms with Crippen molar-refractivity contribution in [2.75, 3.05) is 93.2 Å². The fourth-order valence-electron chi connectivity index (χ4n) is 12.8. The molecule has 12 rings (SSSR count). The van der Waals surface area contributed by atoms with Crippen LogP contribution in [0.2, 0.25) is 5.02 Å². The first kappa shape index (κ1) is 50.8. The first-order valence-electron chi connectivity index (χ1n) is 26.5. The summed E-state index contributed by atoms with van der Waals surface area (Å²) in [4.78, 5) is 80.6. The second kappa shape index (κ2) is 20.1. The van der Waals surface area contributed by atoms with Gasteiger partial charge >= 0.3 is 0 Å². The molecule has 8 heterocycles. The summed E-state index contributed by atoms with van der Waals surface area (Å²) in [5, 5.41) is 14.4. The Kier molecular flexibility index (Phi) is 13.3. The van der Waals surface area contributed by atoms with Gasteiger partial charge in [-0.25, -0.2) is 4.98 Å². The minimum atomic E-state index is -2.84. The minimum Gasteiger partial charge on any atom is -0.494 e. The zero-order valence-corrected chi connectivity index (χ0v) is 45.3. The Labute approximate surface area is 451 Å². The van der Waals surface area contributed by atoms with Crippen molar-refractivity contribution in [3.63, 3.8) is 0 Å². The Balaban J connectivity index is 0.655. The molecule has 22 heteroatoms. The lowest BCUT2D eigenvalue weighted by Gasteiger charge is -2.57. The fraction of sp³-hybridized carbons (Fsp3) is 0.436. The molecule has 77 heavy (non-hydrogen) atoms. The Hall–Kier alpha value is -6.99. The number of rotatable bonds is 12. The Morgan fingerprint density at radius 1 is 0.766 bits per heavy atom. The van der Waals surface area contributed by atoms with Crippen LogP contribution in [0.3, 0.4) is 0 Å². The molecule has 3 N–H and O–H groups in total. The van der Waals surface area contributed by atoms with Crippen molar-refractivity contribution in [3.05, 3.63) is 89.6 Å². The molecule has 0 radical (unpaired) electrons. The highest BCUT2D eigenvalue weighted by atomic mass is 35.5. The molecule has 1 spiro atoms. The maximum atomic E-state index is 13.6. The van der Waals surface area contributed by atoms with E-state index in [4.69, 9.17) is 21.3 Å². The quantitative estimate of drug-likeness (QED) is 0.0863. The lowest BCUT2D eigenvalue weighted by molar-refractivity contribution is -0.136.